The first kappa shape index (κ1) is 30.6. The van der Waals surface area contributed by atoms with E-state index in [0.29, 0.717) is 27.9 Å². The summed E-state index contributed by atoms with van der Waals surface area (Å²) in [5.74, 6) is -0.554. The summed E-state index contributed by atoms with van der Waals surface area (Å²) in [5, 5.41) is 3.71. The zero-order valence-electron chi connectivity index (χ0n) is 21.5. The van der Waals surface area contributed by atoms with Crippen LogP contribution in [-0.4, -0.2) is 51.4 Å². The lowest BCUT2D eigenvalue weighted by molar-refractivity contribution is -0.139. The van der Waals surface area contributed by atoms with Crippen molar-refractivity contribution in [3.8, 4) is 5.75 Å². The van der Waals surface area contributed by atoms with Gasteiger partial charge in [-0.25, -0.2) is 8.42 Å². The van der Waals surface area contributed by atoms with Gasteiger partial charge in [-0.2, -0.15) is 0 Å². The topological polar surface area (TPSA) is 96.0 Å². The van der Waals surface area contributed by atoms with Crippen molar-refractivity contribution in [3.63, 3.8) is 0 Å². The van der Waals surface area contributed by atoms with Crippen molar-refractivity contribution in [3.05, 3.63) is 87.4 Å². The molecule has 208 valence electrons. The quantitative estimate of drug-likeness (QED) is 0.313. The predicted molar refractivity (Wildman–Crippen MR) is 154 cm³/mol. The van der Waals surface area contributed by atoms with E-state index < -0.39 is 34.4 Å². The molecule has 0 aliphatic carbocycles. The molecule has 12 heteroatoms. The van der Waals surface area contributed by atoms with Crippen LogP contribution in [0.2, 0.25) is 15.1 Å². The van der Waals surface area contributed by atoms with E-state index in [2.05, 4.69) is 5.32 Å². The number of hydrogen-bond donors (Lipinski definition) is 1. The number of rotatable bonds is 11. The number of methoxy groups -OCH3 is 1. The SMILES string of the molecule is CCNC(=O)[C@H](C)N(Cc1ccc(Cl)cc1Cl)C(=O)CN(c1cccc(Cl)c1)S(=O)(=O)c1ccc(OC)cc1. The summed E-state index contributed by atoms with van der Waals surface area (Å²) in [6.45, 7) is 3.01. The van der Waals surface area contributed by atoms with Crippen molar-refractivity contribution in [2.45, 2.75) is 31.3 Å². The van der Waals surface area contributed by atoms with E-state index in [1.165, 1.54) is 54.5 Å². The van der Waals surface area contributed by atoms with E-state index in [4.69, 9.17) is 39.5 Å². The maximum Gasteiger partial charge on any atom is 0.264 e. The summed E-state index contributed by atoms with van der Waals surface area (Å²) >= 11 is 18.6. The zero-order valence-corrected chi connectivity index (χ0v) is 24.6. The second kappa shape index (κ2) is 13.4. The van der Waals surface area contributed by atoms with Gasteiger partial charge in [-0.1, -0.05) is 46.9 Å². The number of ether oxygens (including phenoxy) is 1. The Morgan fingerprint density at radius 3 is 2.23 bits per heavy atom. The molecule has 0 spiro atoms. The van der Waals surface area contributed by atoms with Crippen molar-refractivity contribution in [2.24, 2.45) is 0 Å². The highest BCUT2D eigenvalue weighted by Gasteiger charge is 2.32. The first-order valence-electron chi connectivity index (χ1n) is 11.9. The Bertz CT molecular complexity index is 1430. The molecule has 8 nitrogen and oxygen atoms in total. The fourth-order valence-corrected chi connectivity index (χ4v) is 5.83. The Balaban J connectivity index is 2.05. The molecule has 0 saturated carbocycles. The molecule has 0 radical (unpaired) electrons. The Morgan fingerprint density at radius 2 is 1.64 bits per heavy atom. The smallest absolute Gasteiger partial charge is 0.264 e. The minimum Gasteiger partial charge on any atom is -0.497 e. The van der Waals surface area contributed by atoms with Gasteiger partial charge in [0.2, 0.25) is 11.8 Å². The number of sulfonamides is 1. The van der Waals surface area contributed by atoms with Crippen LogP contribution < -0.4 is 14.4 Å². The molecule has 0 fully saturated rings. The van der Waals surface area contributed by atoms with Gasteiger partial charge in [0.05, 0.1) is 17.7 Å². The molecule has 0 heterocycles. The Labute approximate surface area is 243 Å². The molecule has 0 aliphatic heterocycles. The second-order valence-corrected chi connectivity index (χ2v) is 11.6. The minimum atomic E-state index is -4.24. The molecule has 1 N–H and O–H groups in total. The molecule has 3 aromatic rings. The highest BCUT2D eigenvalue weighted by Crippen LogP contribution is 2.28. The van der Waals surface area contributed by atoms with Crippen LogP contribution in [0.5, 0.6) is 5.75 Å². The summed E-state index contributed by atoms with van der Waals surface area (Å²) in [4.78, 5) is 27.8. The summed E-state index contributed by atoms with van der Waals surface area (Å²) in [7, 11) is -2.77. The van der Waals surface area contributed by atoms with E-state index >= 15 is 0 Å². The number of carbonyl (C=O) groups is 2. The Kier molecular flexibility index (Phi) is 10.5. The van der Waals surface area contributed by atoms with Crippen molar-refractivity contribution >= 4 is 62.3 Å². The molecule has 0 saturated heterocycles. The monoisotopic (exact) mass is 611 g/mol. The molecular formula is C27H28Cl3N3O5S. The lowest BCUT2D eigenvalue weighted by Crippen LogP contribution is -2.51. The van der Waals surface area contributed by atoms with Crippen LogP contribution in [0.15, 0.2) is 71.6 Å². The minimum absolute atomic E-state index is 0.0554. The van der Waals surface area contributed by atoms with Crippen LogP contribution in [0.1, 0.15) is 19.4 Å². The van der Waals surface area contributed by atoms with Crippen molar-refractivity contribution in [2.75, 3.05) is 24.5 Å². The molecule has 1 atom stereocenters. The number of carbonyl (C=O) groups excluding carboxylic acids is 2. The highest BCUT2D eigenvalue weighted by atomic mass is 35.5. The largest absolute Gasteiger partial charge is 0.497 e. The third-order valence-electron chi connectivity index (χ3n) is 5.90. The average molecular weight is 613 g/mol. The molecule has 0 aromatic heterocycles. The highest BCUT2D eigenvalue weighted by molar-refractivity contribution is 7.92. The van der Waals surface area contributed by atoms with E-state index in [1.807, 2.05) is 0 Å². The summed E-state index contributed by atoms with van der Waals surface area (Å²) < 4.78 is 33.7. The van der Waals surface area contributed by atoms with Crippen LogP contribution in [0.3, 0.4) is 0 Å². The molecule has 3 rings (SSSR count). The normalized spacial score (nSPS) is 11.9. The van der Waals surface area contributed by atoms with Gasteiger partial charge in [0.25, 0.3) is 10.0 Å². The van der Waals surface area contributed by atoms with Crippen molar-refractivity contribution < 1.29 is 22.7 Å². The number of amides is 2. The number of halogens is 3. The van der Waals surface area contributed by atoms with Gasteiger partial charge >= 0.3 is 0 Å². The first-order valence-corrected chi connectivity index (χ1v) is 14.5. The van der Waals surface area contributed by atoms with Gasteiger partial charge < -0.3 is 15.0 Å². The number of nitrogens with one attached hydrogen (secondary N) is 1. The van der Waals surface area contributed by atoms with Gasteiger partial charge in [0, 0.05) is 28.2 Å². The van der Waals surface area contributed by atoms with Gasteiger partial charge in [-0.15, -0.1) is 0 Å². The second-order valence-electron chi connectivity index (χ2n) is 8.50. The molecule has 0 aliphatic rings. The third-order valence-corrected chi connectivity index (χ3v) is 8.51. The van der Waals surface area contributed by atoms with Crippen molar-refractivity contribution in [1.82, 2.24) is 10.2 Å². The molecular weight excluding hydrogens is 585 g/mol. The Morgan fingerprint density at radius 1 is 0.974 bits per heavy atom. The van der Waals surface area contributed by atoms with E-state index in [0.717, 1.165) is 4.31 Å². The number of nitrogens with zero attached hydrogens (tertiary/aromatic N) is 2. The zero-order chi connectivity index (χ0) is 28.7. The predicted octanol–water partition coefficient (Wildman–Crippen LogP) is 5.40. The van der Waals surface area contributed by atoms with Gasteiger partial charge in [-0.3, -0.25) is 13.9 Å². The van der Waals surface area contributed by atoms with Crippen LogP contribution >= 0.6 is 34.8 Å². The summed E-state index contributed by atoms with van der Waals surface area (Å²) in [6, 6.07) is 15.8. The standard InChI is InChI=1S/C27H28Cl3N3O5S/c1-4-31-27(35)18(2)32(16-19-8-9-21(29)15-25(19)30)26(34)17-33(22-7-5-6-20(28)14-22)39(36,37)24-12-10-23(38-3)11-13-24/h5-15,18H,4,16-17H2,1-3H3,(H,31,35)/t18-/m0/s1. The third kappa shape index (κ3) is 7.57. The Hall–Kier alpha value is -2.98. The van der Waals surface area contributed by atoms with Crippen LogP contribution in [0.25, 0.3) is 0 Å². The van der Waals surface area contributed by atoms with Gasteiger partial charge in [0.15, 0.2) is 0 Å². The van der Waals surface area contributed by atoms with Gasteiger partial charge in [0.1, 0.15) is 18.3 Å². The van der Waals surface area contributed by atoms with E-state index in [9.17, 15) is 18.0 Å². The number of hydrogen-bond acceptors (Lipinski definition) is 5. The van der Waals surface area contributed by atoms with Crippen molar-refractivity contribution in [1.29, 1.82) is 0 Å². The molecule has 0 unspecified atom stereocenters. The first-order chi connectivity index (χ1) is 18.5. The fourth-order valence-electron chi connectivity index (χ4n) is 3.77. The molecule has 2 amide bonds. The van der Waals surface area contributed by atoms with Crippen LogP contribution in [-0.2, 0) is 26.2 Å². The average Bonchev–Trinajstić information content (AvgIpc) is 2.90. The number of anilines is 1. The van der Waals surface area contributed by atoms with E-state index in [-0.39, 0.29) is 22.2 Å². The lowest BCUT2D eigenvalue weighted by Gasteiger charge is -2.32. The molecule has 0 bridgehead atoms. The van der Waals surface area contributed by atoms with Crippen LogP contribution in [0.4, 0.5) is 5.69 Å². The summed E-state index contributed by atoms with van der Waals surface area (Å²) in [5.41, 5.74) is 0.722. The van der Waals surface area contributed by atoms with E-state index in [1.54, 1.807) is 38.1 Å². The van der Waals surface area contributed by atoms with Crippen LogP contribution in [0, 0.1) is 0 Å². The maximum atomic E-state index is 13.8. The fraction of sp³-hybridized carbons (Fsp3) is 0.259. The molecule has 39 heavy (non-hydrogen) atoms. The lowest BCUT2D eigenvalue weighted by atomic mass is 10.1. The molecule has 3 aromatic carbocycles. The van der Waals surface area contributed by atoms with Gasteiger partial charge in [-0.05, 0) is 74.0 Å². The summed E-state index contributed by atoms with van der Waals surface area (Å²) in [6.07, 6.45) is 0. The number of benzene rings is 3. The number of likely N-dealkylation sites (N-methyl/N-ethyl adjacent to an activating group) is 1. The maximum absolute atomic E-state index is 13.8.